The predicted molar refractivity (Wildman–Crippen MR) is 81.2 cm³/mol. The lowest BCUT2D eigenvalue weighted by Crippen LogP contribution is -2.56. The predicted octanol–water partition coefficient (Wildman–Crippen LogP) is 0.884. The average molecular weight is 299 g/mol. The molecule has 2 fully saturated rings. The van der Waals surface area contributed by atoms with Crippen molar-refractivity contribution in [2.45, 2.75) is 44.5 Å². The summed E-state index contributed by atoms with van der Waals surface area (Å²) in [6.45, 7) is 7.82. The van der Waals surface area contributed by atoms with E-state index in [2.05, 4.69) is 0 Å². The van der Waals surface area contributed by atoms with Crippen LogP contribution in [0, 0.1) is 5.92 Å². The second-order valence-corrected chi connectivity index (χ2v) is 7.52. The molecule has 0 aliphatic carbocycles. The normalized spacial score (nSPS) is 23.4. The van der Waals surface area contributed by atoms with Gasteiger partial charge in [0.05, 0.1) is 10.9 Å². The van der Waals surface area contributed by atoms with Crippen molar-refractivity contribution in [3.05, 3.63) is 0 Å². The Balaban J connectivity index is 1.98. The average Bonchev–Trinajstić information content (AvgIpc) is 2.81. The molecule has 2 aliphatic rings. The quantitative estimate of drug-likeness (QED) is 0.822. The first kappa shape index (κ1) is 15.6. The van der Waals surface area contributed by atoms with Crippen molar-refractivity contribution < 1.29 is 9.59 Å². The van der Waals surface area contributed by atoms with Crippen LogP contribution in [0.15, 0.2) is 0 Å². The molecule has 0 bridgehead atoms. The van der Waals surface area contributed by atoms with Gasteiger partial charge in [-0.25, -0.2) is 0 Å². The van der Waals surface area contributed by atoms with Crippen LogP contribution in [0.25, 0.3) is 0 Å². The first-order valence-corrected chi connectivity index (χ1v) is 8.32. The maximum atomic E-state index is 12.3. The molecule has 2 amide bonds. The van der Waals surface area contributed by atoms with Gasteiger partial charge in [-0.1, -0.05) is 13.8 Å². The van der Waals surface area contributed by atoms with Crippen LogP contribution in [0.2, 0.25) is 0 Å². The molecule has 20 heavy (non-hydrogen) atoms. The Labute approximate surface area is 125 Å². The van der Waals surface area contributed by atoms with Gasteiger partial charge in [-0.15, -0.1) is 11.8 Å². The summed E-state index contributed by atoms with van der Waals surface area (Å²) < 4.78 is 0. The molecule has 0 aromatic rings. The Morgan fingerprint density at radius 3 is 2.30 bits per heavy atom. The molecular formula is C14H25N3O2S. The second kappa shape index (κ2) is 5.93. The highest BCUT2D eigenvalue weighted by Crippen LogP contribution is 2.43. The molecule has 1 spiro atoms. The summed E-state index contributed by atoms with van der Waals surface area (Å²) in [5.74, 6) is 1.35. The molecule has 114 valence electrons. The van der Waals surface area contributed by atoms with Crippen LogP contribution in [-0.2, 0) is 9.59 Å². The lowest BCUT2D eigenvalue weighted by Gasteiger charge is -2.44. The summed E-state index contributed by atoms with van der Waals surface area (Å²) in [6.07, 6.45) is 1.71. The number of hydrogen-bond acceptors (Lipinski definition) is 4. The highest BCUT2D eigenvalue weighted by Gasteiger charge is 2.46. The third-order valence-electron chi connectivity index (χ3n) is 4.42. The van der Waals surface area contributed by atoms with E-state index in [1.54, 1.807) is 6.92 Å². The molecule has 2 N–H and O–H groups in total. The molecule has 0 aromatic heterocycles. The van der Waals surface area contributed by atoms with Crippen molar-refractivity contribution in [3.63, 3.8) is 0 Å². The summed E-state index contributed by atoms with van der Waals surface area (Å²) in [4.78, 5) is 27.8. The van der Waals surface area contributed by atoms with E-state index in [1.165, 1.54) is 0 Å². The molecular weight excluding hydrogens is 274 g/mol. The second-order valence-electron chi connectivity index (χ2n) is 6.06. The number of piperidine rings is 1. The first-order chi connectivity index (χ1) is 9.37. The van der Waals surface area contributed by atoms with E-state index in [-0.39, 0.29) is 22.6 Å². The largest absolute Gasteiger partial charge is 0.341 e. The van der Waals surface area contributed by atoms with E-state index in [4.69, 9.17) is 5.73 Å². The minimum atomic E-state index is -0.413. The van der Waals surface area contributed by atoms with Gasteiger partial charge < -0.3 is 15.5 Å². The molecule has 2 rings (SSSR count). The molecule has 2 heterocycles. The number of nitrogens with zero attached hydrogens (tertiary/aromatic N) is 2. The molecule has 0 aromatic carbocycles. The van der Waals surface area contributed by atoms with Gasteiger partial charge in [-0.3, -0.25) is 9.59 Å². The van der Waals surface area contributed by atoms with Gasteiger partial charge in [0.15, 0.2) is 0 Å². The Morgan fingerprint density at radius 1 is 1.20 bits per heavy atom. The third-order valence-corrected chi connectivity index (χ3v) is 5.97. The van der Waals surface area contributed by atoms with E-state index < -0.39 is 6.04 Å². The summed E-state index contributed by atoms with van der Waals surface area (Å²) in [6, 6.07) is -0.413. The molecule has 0 saturated carbocycles. The summed E-state index contributed by atoms with van der Waals surface area (Å²) in [5, 5.41) is 0. The molecule has 1 atom stereocenters. The van der Waals surface area contributed by atoms with Crippen molar-refractivity contribution in [2.75, 3.05) is 25.4 Å². The molecule has 2 aliphatic heterocycles. The van der Waals surface area contributed by atoms with Crippen molar-refractivity contribution in [1.29, 1.82) is 0 Å². The fraction of sp³-hybridized carbons (Fsp3) is 0.857. The van der Waals surface area contributed by atoms with Gasteiger partial charge in [0.25, 0.3) is 0 Å². The Morgan fingerprint density at radius 2 is 1.80 bits per heavy atom. The van der Waals surface area contributed by atoms with Crippen LogP contribution in [0.1, 0.15) is 33.6 Å². The lowest BCUT2D eigenvalue weighted by molar-refractivity contribution is -0.137. The molecule has 0 unspecified atom stereocenters. The summed E-state index contributed by atoms with van der Waals surface area (Å²) in [7, 11) is 0. The number of hydrogen-bond donors (Lipinski definition) is 1. The standard InChI is InChI=1S/C14H25N3O2S/c1-10(2)12(15)13(19)16-6-4-14(5-7-16)17(11(3)18)8-9-20-14/h10,12H,4-9,15H2,1-3H3/t12-/m0/s1. The van der Waals surface area contributed by atoms with Gasteiger partial charge >= 0.3 is 0 Å². The SMILES string of the molecule is CC(=O)N1CCSC12CCN(C(=O)[C@@H](N)C(C)C)CC2. The first-order valence-electron chi connectivity index (χ1n) is 7.34. The highest BCUT2D eigenvalue weighted by atomic mass is 32.2. The van der Waals surface area contributed by atoms with Gasteiger partial charge in [-0.05, 0) is 18.8 Å². The van der Waals surface area contributed by atoms with Gasteiger partial charge in [0, 0.05) is 32.3 Å². The molecule has 2 saturated heterocycles. The Kier molecular flexibility index (Phi) is 4.64. The number of likely N-dealkylation sites (tertiary alicyclic amines) is 1. The zero-order valence-corrected chi connectivity index (χ0v) is 13.4. The van der Waals surface area contributed by atoms with E-state index in [0.29, 0.717) is 13.1 Å². The number of nitrogens with two attached hydrogens (primary N) is 1. The van der Waals surface area contributed by atoms with E-state index in [0.717, 1.165) is 25.1 Å². The van der Waals surface area contributed by atoms with Gasteiger partial charge in [0.1, 0.15) is 0 Å². The summed E-state index contributed by atoms with van der Waals surface area (Å²) >= 11 is 1.87. The zero-order valence-electron chi connectivity index (χ0n) is 12.6. The topological polar surface area (TPSA) is 66.6 Å². The van der Waals surface area contributed by atoms with Gasteiger partial charge in [0.2, 0.25) is 11.8 Å². The molecule has 5 nitrogen and oxygen atoms in total. The number of thioether (sulfide) groups is 1. The minimum absolute atomic E-state index is 0.0484. The smallest absolute Gasteiger partial charge is 0.239 e. The molecule has 0 radical (unpaired) electrons. The number of carbonyl (C=O) groups is 2. The van der Waals surface area contributed by atoms with Crippen molar-refractivity contribution in [3.8, 4) is 0 Å². The number of amides is 2. The lowest BCUT2D eigenvalue weighted by atomic mass is 9.99. The van der Waals surface area contributed by atoms with Crippen LogP contribution in [-0.4, -0.2) is 57.9 Å². The van der Waals surface area contributed by atoms with Crippen LogP contribution in [0.5, 0.6) is 0 Å². The zero-order chi connectivity index (χ0) is 14.9. The highest BCUT2D eigenvalue weighted by molar-refractivity contribution is 8.00. The fourth-order valence-electron chi connectivity index (χ4n) is 3.04. The van der Waals surface area contributed by atoms with Crippen LogP contribution < -0.4 is 5.73 Å². The van der Waals surface area contributed by atoms with Crippen molar-refractivity contribution >= 4 is 23.6 Å². The number of carbonyl (C=O) groups excluding carboxylic acids is 2. The number of rotatable bonds is 2. The van der Waals surface area contributed by atoms with Crippen LogP contribution in [0.4, 0.5) is 0 Å². The molecule has 6 heteroatoms. The Hall–Kier alpha value is -0.750. The van der Waals surface area contributed by atoms with E-state index in [1.807, 2.05) is 35.4 Å². The van der Waals surface area contributed by atoms with Crippen molar-refractivity contribution in [2.24, 2.45) is 11.7 Å². The maximum absolute atomic E-state index is 12.3. The van der Waals surface area contributed by atoms with E-state index >= 15 is 0 Å². The summed E-state index contributed by atoms with van der Waals surface area (Å²) in [5.41, 5.74) is 5.95. The van der Waals surface area contributed by atoms with Crippen LogP contribution >= 0.6 is 11.8 Å². The Bertz CT molecular complexity index is 392. The van der Waals surface area contributed by atoms with Gasteiger partial charge in [-0.2, -0.15) is 0 Å². The maximum Gasteiger partial charge on any atom is 0.239 e. The fourth-order valence-corrected chi connectivity index (χ4v) is 4.54. The van der Waals surface area contributed by atoms with Crippen LogP contribution in [0.3, 0.4) is 0 Å². The third kappa shape index (κ3) is 2.81. The van der Waals surface area contributed by atoms with Crippen molar-refractivity contribution in [1.82, 2.24) is 9.80 Å². The monoisotopic (exact) mass is 299 g/mol. The minimum Gasteiger partial charge on any atom is -0.341 e. The van der Waals surface area contributed by atoms with E-state index in [9.17, 15) is 9.59 Å².